The molecule has 5 rings (SSSR count). The van der Waals surface area contributed by atoms with Crippen LogP contribution in [0.5, 0.6) is 0 Å². The number of aromatic nitrogens is 1. The molecule has 7 nitrogen and oxygen atoms in total. The van der Waals surface area contributed by atoms with Gasteiger partial charge < -0.3 is 14.5 Å². The van der Waals surface area contributed by atoms with Gasteiger partial charge >= 0.3 is 6.09 Å². The Morgan fingerprint density at radius 1 is 1.03 bits per heavy atom. The van der Waals surface area contributed by atoms with Gasteiger partial charge in [0.15, 0.2) is 0 Å². The molecule has 0 bridgehead atoms. The first kappa shape index (κ1) is 27.6. The van der Waals surface area contributed by atoms with Crippen molar-refractivity contribution in [3.8, 4) is 0 Å². The van der Waals surface area contributed by atoms with Crippen LogP contribution in [-0.4, -0.2) is 76.1 Å². The third kappa shape index (κ3) is 5.98. The predicted molar refractivity (Wildman–Crippen MR) is 153 cm³/mol. The molecule has 1 spiro atoms. The van der Waals surface area contributed by atoms with E-state index >= 15 is 0 Å². The molecule has 0 radical (unpaired) electrons. The normalized spacial score (nSPS) is 22.2. The van der Waals surface area contributed by atoms with E-state index in [-0.39, 0.29) is 17.6 Å². The van der Waals surface area contributed by atoms with E-state index < -0.39 is 0 Å². The molecule has 1 aromatic heterocycles. The highest BCUT2D eigenvalue weighted by Crippen LogP contribution is 2.42. The Kier molecular flexibility index (Phi) is 8.55. The van der Waals surface area contributed by atoms with Gasteiger partial charge in [0.1, 0.15) is 5.60 Å². The predicted octanol–water partition coefficient (Wildman–Crippen LogP) is 5.60. The molecule has 1 aromatic carbocycles. The van der Waals surface area contributed by atoms with Gasteiger partial charge in [0, 0.05) is 69.3 Å². The molecule has 4 heterocycles. The van der Waals surface area contributed by atoms with E-state index in [1.54, 1.807) is 6.20 Å². The molecule has 0 aliphatic carbocycles. The van der Waals surface area contributed by atoms with Gasteiger partial charge in [-0.15, -0.1) is 0 Å². The lowest BCUT2D eigenvalue weighted by Crippen LogP contribution is -2.61. The summed E-state index contributed by atoms with van der Waals surface area (Å²) in [5, 5.41) is 0. The zero-order valence-electron chi connectivity index (χ0n) is 23.9. The molecule has 3 fully saturated rings. The van der Waals surface area contributed by atoms with Gasteiger partial charge in [0.05, 0.1) is 12.2 Å². The highest BCUT2D eigenvalue weighted by molar-refractivity contribution is 5.97. The number of ether oxygens (including phenoxy) is 1. The smallest absolute Gasteiger partial charge is 0.410 e. The van der Waals surface area contributed by atoms with Crippen LogP contribution in [0, 0.1) is 19.8 Å². The molecule has 39 heavy (non-hydrogen) atoms. The zero-order chi connectivity index (χ0) is 27.4. The van der Waals surface area contributed by atoms with Gasteiger partial charge in [-0.2, -0.15) is 0 Å². The number of rotatable bonds is 7. The van der Waals surface area contributed by atoms with Crippen molar-refractivity contribution in [2.24, 2.45) is 5.92 Å². The Hall–Kier alpha value is -2.93. The maximum atomic E-state index is 13.3. The second-order valence-corrected chi connectivity index (χ2v) is 11.8. The van der Waals surface area contributed by atoms with Gasteiger partial charge in [-0.25, -0.2) is 4.79 Å². The van der Waals surface area contributed by atoms with Gasteiger partial charge in [-0.05, 0) is 56.4 Å². The second kappa shape index (κ2) is 12.1. The molecule has 3 saturated heterocycles. The standard InChI is InChI=1S/C32H44N4O3/c1-4-5-11-26-22-36(23-27-12-6-7-17-33-27)31(38)39-32(26)15-20-34(21-16-32)28-13-18-35(19-14-28)30(37)29-24(2)9-8-10-25(29)3/h6-10,12,17,26,28H,4-5,11,13-16,18-23H2,1-3H3. The summed E-state index contributed by atoms with van der Waals surface area (Å²) in [5.41, 5.74) is 3.52. The average Bonchev–Trinajstić information content (AvgIpc) is 2.95. The van der Waals surface area contributed by atoms with Crippen LogP contribution >= 0.6 is 0 Å². The Bertz CT molecular complexity index is 1120. The van der Waals surface area contributed by atoms with Crippen molar-refractivity contribution in [1.29, 1.82) is 0 Å². The quantitative estimate of drug-likeness (QED) is 0.465. The summed E-state index contributed by atoms with van der Waals surface area (Å²) in [7, 11) is 0. The second-order valence-electron chi connectivity index (χ2n) is 11.8. The number of hydrogen-bond donors (Lipinski definition) is 0. The maximum Gasteiger partial charge on any atom is 0.410 e. The summed E-state index contributed by atoms with van der Waals surface area (Å²) in [4.78, 5) is 37.3. The Labute approximate surface area is 233 Å². The summed E-state index contributed by atoms with van der Waals surface area (Å²) in [5.74, 6) is 0.516. The SMILES string of the molecule is CCCCC1CN(Cc2ccccn2)C(=O)OC12CCN(C1CCN(C(=O)c3c(C)cccc3C)CC1)CC2. The minimum atomic E-state index is -0.359. The number of carbonyl (C=O) groups excluding carboxylic acids is 2. The number of nitrogens with zero attached hydrogens (tertiary/aromatic N) is 4. The molecule has 2 aromatic rings. The van der Waals surface area contributed by atoms with Crippen LogP contribution in [0.2, 0.25) is 0 Å². The highest BCUT2D eigenvalue weighted by Gasteiger charge is 2.50. The molecule has 1 atom stereocenters. The summed E-state index contributed by atoms with van der Waals surface area (Å²) in [6.45, 7) is 11.0. The molecule has 0 saturated carbocycles. The van der Waals surface area contributed by atoms with E-state index in [1.165, 1.54) is 0 Å². The number of likely N-dealkylation sites (tertiary alicyclic amines) is 2. The summed E-state index contributed by atoms with van der Waals surface area (Å²) in [6, 6.07) is 12.4. The fourth-order valence-electron chi connectivity index (χ4n) is 6.97. The number of carbonyl (C=O) groups is 2. The van der Waals surface area contributed by atoms with E-state index in [9.17, 15) is 9.59 Å². The van der Waals surface area contributed by atoms with Crippen LogP contribution in [0.25, 0.3) is 0 Å². The number of amides is 2. The van der Waals surface area contributed by atoms with Gasteiger partial charge in [-0.3, -0.25) is 14.7 Å². The lowest BCUT2D eigenvalue weighted by molar-refractivity contribution is -0.127. The van der Waals surface area contributed by atoms with Crippen molar-refractivity contribution in [2.75, 3.05) is 32.7 Å². The number of piperidine rings is 2. The topological polar surface area (TPSA) is 66.0 Å². The number of aryl methyl sites for hydroxylation is 2. The van der Waals surface area contributed by atoms with Crippen LogP contribution in [0.3, 0.4) is 0 Å². The first-order chi connectivity index (χ1) is 18.9. The Balaban J connectivity index is 1.18. The van der Waals surface area contributed by atoms with Gasteiger partial charge in [0.2, 0.25) is 0 Å². The number of pyridine rings is 1. The van der Waals surface area contributed by atoms with E-state index in [1.807, 2.05) is 60.0 Å². The largest absolute Gasteiger partial charge is 0.442 e. The minimum absolute atomic E-state index is 0.171. The van der Waals surface area contributed by atoms with E-state index in [2.05, 4.69) is 16.8 Å². The van der Waals surface area contributed by atoms with Crippen molar-refractivity contribution >= 4 is 12.0 Å². The van der Waals surface area contributed by atoms with Crippen molar-refractivity contribution in [3.05, 3.63) is 65.0 Å². The molecular formula is C32H44N4O3. The van der Waals surface area contributed by atoms with Crippen LogP contribution in [0.15, 0.2) is 42.6 Å². The molecule has 3 aliphatic rings. The zero-order valence-corrected chi connectivity index (χ0v) is 23.9. The van der Waals surface area contributed by atoms with Crippen molar-refractivity contribution < 1.29 is 14.3 Å². The fourth-order valence-corrected chi connectivity index (χ4v) is 6.97. The molecule has 0 N–H and O–H groups in total. The van der Waals surface area contributed by atoms with Crippen molar-refractivity contribution in [1.82, 2.24) is 19.7 Å². The Morgan fingerprint density at radius 3 is 2.38 bits per heavy atom. The fraction of sp³-hybridized carbons (Fsp3) is 0.594. The maximum absolute atomic E-state index is 13.3. The third-order valence-corrected chi connectivity index (χ3v) is 9.33. The van der Waals surface area contributed by atoms with Crippen LogP contribution in [0.4, 0.5) is 4.79 Å². The number of benzene rings is 1. The molecule has 210 valence electrons. The van der Waals surface area contributed by atoms with Crippen LogP contribution in [-0.2, 0) is 11.3 Å². The Morgan fingerprint density at radius 2 is 1.74 bits per heavy atom. The monoisotopic (exact) mass is 532 g/mol. The van der Waals surface area contributed by atoms with Crippen molar-refractivity contribution in [2.45, 2.75) is 83.9 Å². The number of unbranched alkanes of at least 4 members (excludes halogenated alkanes) is 1. The molecule has 3 aliphatic heterocycles. The van der Waals surface area contributed by atoms with Crippen LogP contribution in [0.1, 0.15) is 79.0 Å². The first-order valence-electron chi connectivity index (χ1n) is 14.9. The summed E-state index contributed by atoms with van der Waals surface area (Å²) < 4.78 is 6.34. The lowest BCUT2D eigenvalue weighted by atomic mass is 9.75. The van der Waals surface area contributed by atoms with E-state index in [0.29, 0.717) is 18.5 Å². The van der Waals surface area contributed by atoms with Gasteiger partial charge in [-0.1, -0.05) is 44.0 Å². The average molecular weight is 533 g/mol. The van der Waals surface area contributed by atoms with Crippen LogP contribution < -0.4 is 0 Å². The summed E-state index contributed by atoms with van der Waals surface area (Å²) >= 11 is 0. The minimum Gasteiger partial charge on any atom is -0.442 e. The van der Waals surface area contributed by atoms with E-state index in [0.717, 1.165) is 100 Å². The van der Waals surface area contributed by atoms with Crippen molar-refractivity contribution in [3.63, 3.8) is 0 Å². The van der Waals surface area contributed by atoms with E-state index in [4.69, 9.17) is 4.74 Å². The molecule has 2 amide bonds. The molecular weight excluding hydrogens is 488 g/mol. The highest BCUT2D eigenvalue weighted by atomic mass is 16.6. The third-order valence-electron chi connectivity index (χ3n) is 9.33. The van der Waals surface area contributed by atoms with Gasteiger partial charge in [0.25, 0.3) is 5.91 Å². The number of hydrogen-bond acceptors (Lipinski definition) is 5. The lowest BCUT2D eigenvalue weighted by Gasteiger charge is -2.52. The molecule has 7 heteroatoms. The summed E-state index contributed by atoms with van der Waals surface area (Å²) in [6.07, 6.45) is 8.76. The molecule has 1 unspecified atom stereocenters. The first-order valence-corrected chi connectivity index (χ1v) is 14.9.